The quantitative estimate of drug-likeness (QED) is 0.806. The van der Waals surface area contributed by atoms with Crippen LogP contribution in [0, 0.1) is 0 Å². The Morgan fingerprint density at radius 2 is 1.96 bits per heavy atom. The van der Waals surface area contributed by atoms with E-state index in [2.05, 4.69) is 10.2 Å². The van der Waals surface area contributed by atoms with E-state index < -0.39 is 5.91 Å². The van der Waals surface area contributed by atoms with E-state index in [-0.39, 0.29) is 17.6 Å². The largest absolute Gasteiger partial charge is 0.370 e. The third-order valence-electron chi connectivity index (χ3n) is 4.46. The van der Waals surface area contributed by atoms with E-state index in [0.717, 1.165) is 37.4 Å². The predicted molar refractivity (Wildman–Crippen MR) is 99.1 cm³/mol. The van der Waals surface area contributed by atoms with Crippen LogP contribution in [0.2, 0.25) is 0 Å². The number of benzene rings is 1. The van der Waals surface area contributed by atoms with Crippen LogP contribution in [0.3, 0.4) is 0 Å². The van der Waals surface area contributed by atoms with Crippen molar-refractivity contribution in [3.8, 4) is 0 Å². The molecule has 0 spiro atoms. The van der Waals surface area contributed by atoms with Crippen LogP contribution >= 0.6 is 11.8 Å². The van der Waals surface area contributed by atoms with Crippen molar-refractivity contribution in [2.75, 3.05) is 42.1 Å². The molecule has 0 radical (unpaired) electrons. The van der Waals surface area contributed by atoms with Crippen molar-refractivity contribution in [2.45, 2.75) is 19.3 Å². The molecule has 2 fully saturated rings. The Balaban J connectivity index is 1.70. The minimum Gasteiger partial charge on any atom is -0.370 e. The average Bonchev–Trinajstić information content (AvgIpc) is 3.24. The molecule has 2 heterocycles. The number of rotatable bonds is 6. The first-order valence-corrected chi connectivity index (χ1v) is 9.43. The average molecular weight is 362 g/mol. The van der Waals surface area contributed by atoms with Gasteiger partial charge in [0.25, 0.3) is 5.24 Å². The fraction of sp³-hybridized carbons (Fsp3) is 0.471. The van der Waals surface area contributed by atoms with E-state index in [1.165, 1.54) is 11.8 Å². The summed E-state index contributed by atoms with van der Waals surface area (Å²) >= 11 is 1.28. The van der Waals surface area contributed by atoms with E-state index in [9.17, 15) is 14.4 Å². The Kier molecular flexibility index (Phi) is 5.47. The molecule has 1 aromatic carbocycles. The van der Waals surface area contributed by atoms with Gasteiger partial charge in [0.1, 0.15) is 0 Å². The van der Waals surface area contributed by atoms with Gasteiger partial charge >= 0.3 is 0 Å². The van der Waals surface area contributed by atoms with Crippen LogP contribution in [0.1, 0.15) is 29.6 Å². The first kappa shape index (κ1) is 17.6. The van der Waals surface area contributed by atoms with Gasteiger partial charge in [-0.05, 0) is 31.0 Å². The number of hydrogen-bond acceptors (Lipinski definition) is 5. The molecule has 2 saturated heterocycles. The lowest BCUT2D eigenvalue weighted by Crippen LogP contribution is -2.28. The summed E-state index contributed by atoms with van der Waals surface area (Å²) in [4.78, 5) is 39.3. The van der Waals surface area contributed by atoms with Gasteiger partial charge in [-0.25, -0.2) is 0 Å². The van der Waals surface area contributed by atoms with Gasteiger partial charge in [0.05, 0.1) is 11.4 Å². The minimum absolute atomic E-state index is 0.0290. The monoisotopic (exact) mass is 362 g/mol. The highest BCUT2D eigenvalue weighted by Gasteiger charge is 2.22. The van der Waals surface area contributed by atoms with Gasteiger partial charge in [0.15, 0.2) is 0 Å². The molecule has 3 amide bonds. The molecule has 0 bridgehead atoms. The molecule has 8 heteroatoms. The van der Waals surface area contributed by atoms with Crippen molar-refractivity contribution in [3.05, 3.63) is 23.8 Å². The van der Waals surface area contributed by atoms with Gasteiger partial charge in [-0.15, -0.1) is 0 Å². The number of hydrogen-bond donors (Lipinski definition) is 2. The smallest absolute Gasteiger partial charge is 0.281 e. The third kappa shape index (κ3) is 4.25. The van der Waals surface area contributed by atoms with Gasteiger partial charge in [-0.1, -0.05) is 11.8 Å². The molecule has 3 N–H and O–H groups in total. The van der Waals surface area contributed by atoms with Gasteiger partial charge in [-0.2, -0.15) is 0 Å². The number of primary amides is 1. The van der Waals surface area contributed by atoms with Crippen LogP contribution < -0.4 is 16.0 Å². The number of carbonyl (C=O) groups excluding carboxylic acids is 3. The lowest BCUT2D eigenvalue weighted by atomic mass is 10.1. The molecule has 0 atom stereocenters. The minimum atomic E-state index is -0.525. The number of anilines is 2. The summed E-state index contributed by atoms with van der Waals surface area (Å²) < 4.78 is 0. The zero-order valence-corrected chi connectivity index (χ0v) is 14.8. The summed E-state index contributed by atoms with van der Waals surface area (Å²) in [6.45, 7) is 2.95. The van der Waals surface area contributed by atoms with E-state index in [1.54, 1.807) is 17.0 Å². The number of thioether (sulfide) groups is 1. The normalized spacial score (nSPS) is 17.2. The number of nitrogens with zero attached hydrogens (tertiary/aromatic N) is 2. The van der Waals surface area contributed by atoms with Crippen molar-refractivity contribution in [3.63, 3.8) is 0 Å². The van der Waals surface area contributed by atoms with E-state index in [4.69, 9.17) is 5.73 Å². The van der Waals surface area contributed by atoms with Gasteiger partial charge in [0.2, 0.25) is 11.8 Å². The predicted octanol–water partition coefficient (Wildman–Crippen LogP) is 1.88. The summed E-state index contributed by atoms with van der Waals surface area (Å²) in [6.07, 6.45) is 2.45. The van der Waals surface area contributed by atoms with E-state index >= 15 is 0 Å². The van der Waals surface area contributed by atoms with Crippen LogP contribution in [-0.2, 0) is 4.79 Å². The Morgan fingerprint density at radius 1 is 1.20 bits per heavy atom. The summed E-state index contributed by atoms with van der Waals surface area (Å²) in [5, 5.41) is 2.92. The standard InChI is InChI=1S/C17H22N4O3S/c18-16(23)12-3-4-14(20-6-1-2-7-20)13(11-12)19-15(22)5-8-21-9-10-25-17(21)24/h3-4,11H,1-2,5-10H2,(H2,18,23)(H,19,22). The lowest BCUT2D eigenvalue weighted by Gasteiger charge is -2.22. The summed E-state index contributed by atoms with van der Waals surface area (Å²) in [6, 6.07) is 5.15. The fourth-order valence-corrected chi connectivity index (χ4v) is 3.95. The van der Waals surface area contributed by atoms with Gasteiger partial charge in [0, 0.05) is 43.9 Å². The number of nitrogens with one attached hydrogen (secondary N) is 1. The molecule has 0 saturated carbocycles. The Morgan fingerprint density at radius 3 is 2.60 bits per heavy atom. The molecular formula is C17H22N4O3S. The molecule has 1 aromatic rings. The first-order valence-electron chi connectivity index (χ1n) is 8.45. The third-order valence-corrected chi connectivity index (χ3v) is 5.35. The SMILES string of the molecule is NC(=O)c1ccc(N2CCCC2)c(NC(=O)CCN2CCSC2=O)c1. The molecule has 0 aromatic heterocycles. The second-order valence-electron chi connectivity index (χ2n) is 6.19. The van der Waals surface area contributed by atoms with Crippen molar-refractivity contribution in [2.24, 2.45) is 5.73 Å². The van der Waals surface area contributed by atoms with Gasteiger partial charge in [-0.3, -0.25) is 14.4 Å². The first-order chi connectivity index (χ1) is 12.0. The maximum absolute atomic E-state index is 12.3. The highest BCUT2D eigenvalue weighted by Crippen LogP contribution is 2.30. The van der Waals surface area contributed by atoms with Crippen molar-refractivity contribution in [1.82, 2.24) is 4.90 Å². The fourth-order valence-electron chi connectivity index (χ4n) is 3.10. The Bertz CT molecular complexity index is 688. The number of carbonyl (C=O) groups is 3. The molecule has 3 rings (SSSR count). The number of amides is 3. The highest BCUT2D eigenvalue weighted by molar-refractivity contribution is 8.13. The Labute approximate surface area is 150 Å². The molecule has 134 valence electrons. The highest BCUT2D eigenvalue weighted by atomic mass is 32.2. The summed E-state index contributed by atoms with van der Waals surface area (Å²) in [7, 11) is 0. The summed E-state index contributed by atoms with van der Waals surface area (Å²) in [5.74, 6) is 0.0789. The van der Waals surface area contributed by atoms with Crippen LogP contribution in [0.5, 0.6) is 0 Å². The van der Waals surface area contributed by atoms with Crippen LogP contribution in [0.4, 0.5) is 16.2 Å². The van der Waals surface area contributed by atoms with Crippen molar-refractivity contribution in [1.29, 1.82) is 0 Å². The summed E-state index contributed by atoms with van der Waals surface area (Å²) in [5.41, 5.74) is 7.24. The zero-order chi connectivity index (χ0) is 17.8. The van der Waals surface area contributed by atoms with Crippen LogP contribution in [0.15, 0.2) is 18.2 Å². The number of nitrogens with two attached hydrogens (primary N) is 1. The molecule has 0 aliphatic carbocycles. The molecule has 2 aliphatic rings. The second-order valence-corrected chi connectivity index (χ2v) is 7.24. The van der Waals surface area contributed by atoms with Crippen LogP contribution in [-0.4, -0.2) is 53.9 Å². The maximum atomic E-state index is 12.3. The van der Waals surface area contributed by atoms with Crippen molar-refractivity contribution < 1.29 is 14.4 Å². The second kappa shape index (κ2) is 7.77. The Hall–Kier alpha value is -2.22. The van der Waals surface area contributed by atoms with E-state index in [1.807, 2.05) is 6.07 Å². The van der Waals surface area contributed by atoms with Crippen LogP contribution in [0.25, 0.3) is 0 Å². The maximum Gasteiger partial charge on any atom is 0.281 e. The molecule has 7 nitrogen and oxygen atoms in total. The molecular weight excluding hydrogens is 340 g/mol. The molecule has 2 aliphatic heterocycles. The zero-order valence-electron chi connectivity index (χ0n) is 14.0. The molecule has 0 unspecified atom stereocenters. The molecule has 25 heavy (non-hydrogen) atoms. The lowest BCUT2D eigenvalue weighted by molar-refractivity contribution is -0.116. The van der Waals surface area contributed by atoms with E-state index in [0.29, 0.717) is 24.3 Å². The van der Waals surface area contributed by atoms with Gasteiger partial charge < -0.3 is 20.9 Å². The topological polar surface area (TPSA) is 95.7 Å². The van der Waals surface area contributed by atoms with Crippen molar-refractivity contribution >= 4 is 40.2 Å².